The Morgan fingerprint density at radius 3 is 2.44 bits per heavy atom. The lowest BCUT2D eigenvalue weighted by atomic mass is 10.00. The average molecular weight is 365 g/mol. The van der Waals surface area contributed by atoms with Gasteiger partial charge in [0.2, 0.25) is 11.8 Å². The fourth-order valence-corrected chi connectivity index (χ4v) is 4.53. The molecular weight excluding hydrogens is 338 g/mol. The Hall–Kier alpha value is -2.56. The first-order valence-corrected chi connectivity index (χ1v) is 9.81. The minimum atomic E-state index is 0.0363. The fourth-order valence-electron chi connectivity index (χ4n) is 4.53. The molecule has 0 fully saturated rings. The summed E-state index contributed by atoms with van der Waals surface area (Å²) in [5, 5.41) is 2.71. The number of nitrogens with one attached hydrogen (secondary N) is 1. The van der Waals surface area contributed by atoms with E-state index in [1.807, 2.05) is 17.2 Å². The molecule has 4 rings (SSSR count). The molecule has 0 radical (unpaired) electrons. The van der Waals surface area contributed by atoms with Crippen molar-refractivity contribution < 1.29 is 9.59 Å². The van der Waals surface area contributed by atoms with E-state index >= 15 is 0 Å². The van der Waals surface area contributed by atoms with Crippen molar-refractivity contribution >= 4 is 11.8 Å². The molecule has 5 nitrogen and oxygen atoms in total. The molecule has 0 unspecified atom stereocenters. The molecule has 1 aromatic carbocycles. The van der Waals surface area contributed by atoms with Crippen molar-refractivity contribution in [1.29, 1.82) is 0 Å². The first-order chi connectivity index (χ1) is 13.1. The molecule has 0 saturated heterocycles. The number of carbonyl (C=O) groups excluding carboxylic acids is 2. The number of carbonyl (C=O) groups is 2. The van der Waals surface area contributed by atoms with E-state index in [1.54, 1.807) is 7.05 Å². The standard InChI is InChI=1S/C22H27N3O2/c1-23-21(26)11-17-13-24-8-4-7-20(24)15-25(14-17)22(27)12-16-9-18-5-2-3-6-19(18)10-16/h2-8,16-17H,9-15H2,1H3,(H,23,26)/t17-/m1/s1. The number of hydrogen-bond acceptors (Lipinski definition) is 2. The molecule has 27 heavy (non-hydrogen) atoms. The van der Waals surface area contributed by atoms with Gasteiger partial charge >= 0.3 is 0 Å². The summed E-state index contributed by atoms with van der Waals surface area (Å²) in [5.41, 5.74) is 3.92. The number of aromatic nitrogens is 1. The second-order valence-corrected chi connectivity index (χ2v) is 7.92. The topological polar surface area (TPSA) is 54.3 Å². The lowest BCUT2D eigenvalue weighted by Gasteiger charge is -2.25. The first-order valence-electron chi connectivity index (χ1n) is 9.81. The van der Waals surface area contributed by atoms with Crippen LogP contribution in [0.15, 0.2) is 42.6 Å². The van der Waals surface area contributed by atoms with Crippen LogP contribution in [0.25, 0.3) is 0 Å². The number of fused-ring (bicyclic) bond motifs is 2. The minimum absolute atomic E-state index is 0.0363. The third kappa shape index (κ3) is 3.92. The van der Waals surface area contributed by atoms with Crippen LogP contribution in [0.1, 0.15) is 29.7 Å². The smallest absolute Gasteiger partial charge is 0.223 e. The lowest BCUT2D eigenvalue weighted by molar-refractivity contribution is -0.134. The summed E-state index contributed by atoms with van der Waals surface area (Å²) >= 11 is 0. The molecule has 142 valence electrons. The monoisotopic (exact) mass is 365 g/mol. The van der Waals surface area contributed by atoms with E-state index in [0.29, 0.717) is 31.8 Å². The van der Waals surface area contributed by atoms with Crippen LogP contribution >= 0.6 is 0 Å². The lowest BCUT2D eigenvalue weighted by Crippen LogP contribution is -2.36. The highest BCUT2D eigenvalue weighted by Gasteiger charge is 2.29. The summed E-state index contributed by atoms with van der Waals surface area (Å²) < 4.78 is 2.19. The maximum atomic E-state index is 13.1. The Morgan fingerprint density at radius 1 is 1.00 bits per heavy atom. The molecule has 1 atom stereocenters. The number of benzene rings is 1. The first kappa shape index (κ1) is 17.8. The molecule has 5 heteroatoms. The molecule has 2 amide bonds. The molecule has 1 aliphatic carbocycles. The molecule has 0 bridgehead atoms. The zero-order chi connectivity index (χ0) is 18.8. The molecule has 2 aliphatic rings. The normalized spacial score (nSPS) is 19.3. The second-order valence-electron chi connectivity index (χ2n) is 7.92. The van der Waals surface area contributed by atoms with Crippen molar-refractivity contribution in [3.8, 4) is 0 Å². The van der Waals surface area contributed by atoms with E-state index in [1.165, 1.54) is 11.1 Å². The van der Waals surface area contributed by atoms with Gasteiger partial charge in [0.1, 0.15) is 0 Å². The maximum Gasteiger partial charge on any atom is 0.223 e. The van der Waals surface area contributed by atoms with E-state index in [2.05, 4.69) is 40.2 Å². The number of nitrogens with zero attached hydrogens (tertiary/aromatic N) is 2. The van der Waals surface area contributed by atoms with Crippen molar-refractivity contribution in [2.75, 3.05) is 13.6 Å². The molecule has 1 aliphatic heterocycles. The molecule has 1 N–H and O–H groups in total. The molecule has 2 aromatic rings. The summed E-state index contributed by atoms with van der Waals surface area (Å²) in [5.74, 6) is 0.782. The van der Waals surface area contributed by atoms with E-state index in [9.17, 15) is 9.59 Å². The average Bonchev–Trinajstić information content (AvgIpc) is 3.23. The van der Waals surface area contributed by atoms with Gasteiger partial charge in [0.25, 0.3) is 0 Å². The van der Waals surface area contributed by atoms with Crippen LogP contribution < -0.4 is 5.32 Å². The Balaban J connectivity index is 1.45. The van der Waals surface area contributed by atoms with Crippen molar-refractivity contribution in [2.24, 2.45) is 11.8 Å². The van der Waals surface area contributed by atoms with Crippen molar-refractivity contribution in [3.63, 3.8) is 0 Å². The molecule has 0 saturated carbocycles. The zero-order valence-electron chi connectivity index (χ0n) is 15.9. The highest BCUT2D eigenvalue weighted by atomic mass is 16.2. The number of hydrogen-bond donors (Lipinski definition) is 1. The zero-order valence-corrected chi connectivity index (χ0v) is 15.9. The second kappa shape index (κ2) is 7.59. The van der Waals surface area contributed by atoms with Crippen LogP contribution in [-0.4, -0.2) is 34.9 Å². The highest BCUT2D eigenvalue weighted by Crippen LogP contribution is 2.30. The van der Waals surface area contributed by atoms with Crippen molar-refractivity contribution in [3.05, 3.63) is 59.4 Å². The predicted octanol–water partition coefficient (Wildman–Crippen LogP) is 2.39. The summed E-state index contributed by atoms with van der Waals surface area (Å²) in [6.07, 6.45) is 5.07. The van der Waals surface area contributed by atoms with Crippen LogP contribution in [0.5, 0.6) is 0 Å². The third-order valence-corrected chi connectivity index (χ3v) is 5.91. The van der Waals surface area contributed by atoms with Crippen molar-refractivity contribution in [1.82, 2.24) is 14.8 Å². The Morgan fingerprint density at radius 2 is 1.74 bits per heavy atom. The van der Waals surface area contributed by atoms with Crippen LogP contribution in [0.3, 0.4) is 0 Å². The Kier molecular flexibility index (Phi) is 5.01. The summed E-state index contributed by atoms with van der Waals surface area (Å²) in [6, 6.07) is 12.6. The maximum absolute atomic E-state index is 13.1. The van der Waals surface area contributed by atoms with Gasteiger partial charge in [-0.3, -0.25) is 9.59 Å². The van der Waals surface area contributed by atoms with Crippen LogP contribution in [0, 0.1) is 11.8 Å². The SMILES string of the molecule is CNC(=O)C[C@H]1CN(C(=O)CC2Cc3ccccc3C2)Cc2cccn2C1. The van der Waals surface area contributed by atoms with Gasteiger partial charge in [0.15, 0.2) is 0 Å². The molecule has 0 spiro atoms. The van der Waals surface area contributed by atoms with Gasteiger partial charge in [-0.25, -0.2) is 0 Å². The Labute approximate surface area is 160 Å². The summed E-state index contributed by atoms with van der Waals surface area (Å²) in [6.45, 7) is 2.07. The van der Waals surface area contributed by atoms with Gasteiger partial charge in [-0.1, -0.05) is 24.3 Å². The van der Waals surface area contributed by atoms with Gasteiger partial charge in [-0.15, -0.1) is 0 Å². The van der Waals surface area contributed by atoms with Gasteiger partial charge in [-0.05, 0) is 42.0 Å². The Bertz CT molecular complexity index is 817. The molecule has 2 heterocycles. The van der Waals surface area contributed by atoms with Crippen LogP contribution in [0.2, 0.25) is 0 Å². The predicted molar refractivity (Wildman–Crippen MR) is 104 cm³/mol. The molecular formula is C22H27N3O2. The van der Waals surface area contributed by atoms with Crippen LogP contribution in [-0.2, 0) is 35.5 Å². The summed E-state index contributed by atoms with van der Waals surface area (Å²) in [4.78, 5) is 27.0. The van der Waals surface area contributed by atoms with Gasteiger partial charge < -0.3 is 14.8 Å². The van der Waals surface area contributed by atoms with Gasteiger partial charge in [0, 0.05) is 50.8 Å². The van der Waals surface area contributed by atoms with E-state index in [0.717, 1.165) is 25.1 Å². The number of rotatable bonds is 4. The van der Waals surface area contributed by atoms with Gasteiger partial charge in [0.05, 0.1) is 6.54 Å². The third-order valence-electron chi connectivity index (χ3n) is 5.91. The fraction of sp³-hybridized carbons (Fsp3) is 0.455. The summed E-state index contributed by atoms with van der Waals surface area (Å²) in [7, 11) is 1.67. The van der Waals surface area contributed by atoms with Gasteiger partial charge in [-0.2, -0.15) is 0 Å². The largest absolute Gasteiger partial charge is 0.359 e. The van der Waals surface area contributed by atoms with E-state index < -0.39 is 0 Å². The van der Waals surface area contributed by atoms with Crippen molar-refractivity contribution in [2.45, 2.75) is 38.8 Å². The quantitative estimate of drug-likeness (QED) is 0.905. The highest BCUT2D eigenvalue weighted by molar-refractivity contribution is 5.77. The molecule has 1 aromatic heterocycles. The minimum Gasteiger partial charge on any atom is -0.359 e. The van der Waals surface area contributed by atoms with E-state index in [-0.39, 0.29) is 17.7 Å². The van der Waals surface area contributed by atoms with E-state index in [4.69, 9.17) is 0 Å². The number of amides is 2. The van der Waals surface area contributed by atoms with Crippen LogP contribution in [0.4, 0.5) is 0 Å².